The maximum absolute atomic E-state index is 11.7. The van der Waals surface area contributed by atoms with Crippen molar-refractivity contribution in [2.45, 2.75) is 25.5 Å². The number of benzene rings is 1. The van der Waals surface area contributed by atoms with E-state index in [4.69, 9.17) is 10.5 Å². The molecule has 1 amide bonds. The average molecular weight is 234 g/mol. The zero-order chi connectivity index (χ0) is 12.4. The van der Waals surface area contributed by atoms with Crippen molar-refractivity contribution in [1.29, 1.82) is 0 Å². The molecule has 0 saturated carbocycles. The van der Waals surface area contributed by atoms with E-state index in [1.54, 1.807) is 11.9 Å². The smallest absolute Gasteiger partial charge is 0.263 e. The molecule has 1 heterocycles. The Morgan fingerprint density at radius 3 is 2.88 bits per heavy atom. The summed E-state index contributed by atoms with van der Waals surface area (Å²) in [6.07, 6.45) is 0.404. The largest absolute Gasteiger partial charge is 0.481 e. The van der Waals surface area contributed by atoms with E-state index in [-0.39, 0.29) is 18.1 Å². The molecule has 1 aliphatic rings. The summed E-state index contributed by atoms with van der Waals surface area (Å²) in [6, 6.07) is 7.59. The minimum atomic E-state index is -0.344. The number of ether oxygens (including phenoxy) is 1. The Balaban J connectivity index is 2.09. The number of nitrogens with zero attached hydrogens (tertiary/aromatic N) is 1. The number of likely N-dealkylation sites (N-methyl/N-ethyl adjacent to an activating group) is 1. The van der Waals surface area contributed by atoms with E-state index in [1.807, 2.05) is 31.2 Å². The monoisotopic (exact) mass is 234 g/mol. The van der Waals surface area contributed by atoms with Gasteiger partial charge in [-0.25, -0.2) is 0 Å². The molecule has 0 radical (unpaired) electrons. The van der Waals surface area contributed by atoms with Crippen molar-refractivity contribution < 1.29 is 9.53 Å². The van der Waals surface area contributed by atoms with Crippen molar-refractivity contribution in [2.75, 3.05) is 13.6 Å². The summed E-state index contributed by atoms with van der Waals surface area (Å²) >= 11 is 0. The molecule has 2 unspecified atom stereocenters. The number of nitrogens with two attached hydrogens (primary N) is 1. The third-order valence-electron chi connectivity index (χ3n) is 3.04. The van der Waals surface area contributed by atoms with Gasteiger partial charge in [0.25, 0.3) is 5.91 Å². The van der Waals surface area contributed by atoms with E-state index >= 15 is 0 Å². The lowest BCUT2D eigenvalue weighted by Crippen LogP contribution is -2.29. The summed E-state index contributed by atoms with van der Waals surface area (Å²) in [5.74, 6) is 0.768. The van der Waals surface area contributed by atoms with E-state index in [9.17, 15) is 4.79 Å². The predicted octanol–water partition coefficient (Wildman–Crippen LogP) is 1.32. The topological polar surface area (TPSA) is 55.6 Å². The van der Waals surface area contributed by atoms with Crippen LogP contribution in [0.15, 0.2) is 24.3 Å². The van der Waals surface area contributed by atoms with Gasteiger partial charge in [0.05, 0.1) is 0 Å². The predicted molar refractivity (Wildman–Crippen MR) is 65.7 cm³/mol. The standard InChI is InChI=1S/C13H18N2O2/c1-9(14)10-4-3-5-11(8-10)17-12-6-7-15(2)13(12)16/h3-5,8-9,12H,6-7,14H2,1-2H3. The van der Waals surface area contributed by atoms with Crippen molar-refractivity contribution in [3.63, 3.8) is 0 Å². The molecular formula is C13H18N2O2. The molecule has 17 heavy (non-hydrogen) atoms. The molecule has 92 valence electrons. The molecular weight excluding hydrogens is 216 g/mol. The first-order valence-electron chi connectivity index (χ1n) is 5.85. The van der Waals surface area contributed by atoms with Crippen molar-refractivity contribution in [2.24, 2.45) is 5.73 Å². The summed E-state index contributed by atoms with van der Waals surface area (Å²) in [5, 5.41) is 0. The van der Waals surface area contributed by atoms with Gasteiger partial charge in [-0.1, -0.05) is 12.1 Å². The molecule has 0 spiro atoms. The van der Waals surface area contributed by atoms with Crippen LogP contribution in [-0.2, 0) is 4.79 Å². The fraction of sp³-hybridized carbons (Fsp3) is 0.462. The fourth-order valence-electron chi connectivity index (χ4n) is 1.94. The maximum Gasteiger partial charge on any atom is 0.263 e. The second-order valence-corrected chi connectivity index (χ2v) is 4.52. The Morgan fingerprint density at radius 2 is 2.29 bits per heavy atom. The van der Waals surface area contributed by atoms with Gasteiger partial charge < -0.3 is 15.4 Å². The number of hydrogen-bond acceptors (Lipinski definition) is 3. The third-order valence-corrected chi connectivity index (χ3v) is 3.04. The second kappa shape index (κ2) is 4.75. The summed E-state index contributed by atoms with van der Waals surface area (Å²) < 4.78 is 5.70. The van der Waals surface area contributed by atoms with Crippen molar-refractivity contribution in [3.8, 4) is 5.75 Å². The van der Waals surface area contributed by atoms with E-state index in [0.717, 1.165) is 18.5 Å². The number of carbonyl (C=O) groups excluding carboxylic acids is 1. The fourth-order valence-corrected chi connectivity index (χ4v) is 1.94. The molecule has 2 rings (SSSR count). The van der Waals surface area contributed by atoms with Gasteiger partial charge in [0.1, 0.15) is 5.75 Å². The molecule has 0 aromatic heterocycles. The zero-order valence-electron chi connectivity index (χ0n) is 10.2. The first-order chi connectivity index (χ1) is 8.08. The van der Waals surface area contributed by atoms with Crippen LogP contribution in [0.25, 0.3) is 0 Å². The number of rotatable bonds is 3. The van der Waals surface area contributed by atoms with Gasteiger partial charge in [-0.2, -0.15) is 0 Å². The summed E-state index contributed by atoms with van der Waals surface area (Å²) in [5.41, 5.74) is 6.82. The number of likely N-dealkylation sites (tertiary alicyclic amines) is 1. The van der Waals surface area contributed by atoms with E-state index in [0.29, 0.717) is 5.75 Å². The second-order valence-electron chi connectivity index (χ2n) is 4.52. The lowest BCUT2D eigenvalue weighted by atomic mass is 10.1. The van der Waals surface area contributed by atoms with Gasteiger partial charge in [-0.3, -0.25) is 4.79 Å². The molecule has 4 heteroatoms. The average Bonchev–Trinajstić information content (AvgIpc) is 2.61. The van der Waals surface area contributed by atoms with Gasteiger partial charge in [0.15, 0.2) is 6.10 Å². The van der Waals surface area contributed by atoms with Crippen molar-refractivity contribution in [1.82, 2.24) is 4.90 Å². The normalized spacial score (nSPS) is 21.7. The molecule has 2 atom stereocenters. The Hall–Kier alpha value is -1.55. The van der Waals surface area contributed by atoms with Crippen LogP contribution >= 0.6 is 0 Å². The van der Waals surface area contributed by atoms with Gasteiger partial charge in [-0.05, 0) is 24.6 Å². The highest BCUT2D eigenvalue weighted by atomic mass is 16.5. The minimum absolute atomic E-state index is 0.0273. The molecule has 1 saturated heterocycles. The molecule has 1 fully saturated rings. The quantitative estimate of drug-likeness (QED) is 0.858. The molecule has 1 aromatic rings. The molecule has 0 bridgehead atoms. The summed E-state index contributed by atoms with van der Waals surface area (Å²) in [4.78, 5) is 13.4. The summed E-state index contributed by atoms with van der Waals surface area (Å²) in [7, 11) is 1.80. The van der Waals surface area contributed by atoms with Gasteiger partial charge in [-0.15, -0.1) is 0 Å². The van der Waals surface area contributed by atoms with Gasteiger partial charge in [0.2, 0.25) is 0 Å². The van der Waals surface area contributed by atoms with Gasteiger partial charge in [0, 0.05) is 26.1 Å². The number of carbonyl (C=O) groups is 1. The highest BCUT2D eigenvalue weighted by molar-refractivity contribution is 5.83. The Kier molecular flexibility index (Phi) is 3.33. The first kappa shape index (κ1) is 11.9. The Labute approximate surface area is 101 Å². The molecule has 1 aromatic carbocycles. The SMILES string of the molecule is CC(N)c1cccc(OC2CCN(C)C2=O)c1. The molecule has 1 aliphatic heterocycles. The number of hydrogen-bond donors (Lipinski definition) is 1. The van der Waals surface area contributed by atoms with Crippen LogP contribution in [0.5, 0.6) is 5.75 Å². The molecule has 0 aliphatic carbocycles. The molecule has 2 N–H and O–H groups in total. The highest BCUT2D eigenvalue weighted by Crippen LogP contribution is 2.21. The third kappa shape index (κ3) is 2.58. The minimum Gasteiger partial charge on any atom is -0.481 e. The van der Waals surface area contributed by atoms with E-state index < -0.39 is 0 Å². The summed E-state index contributed by atoms with van der Waals surface area (Å²) in [6.45, 7) is 2.68. The van der Waals surface area contributed by atoms with E-state index in [2.05, 4.69) is 0 Å². The first-order valence-corrected chi connectivity index (χ1v) is 5.85. The molecule has 4 nitrogen and oxygen atoms in total. The van der Waals surface area contributed by atoms with Crippen LogP contribution in [0, 0.1) is 0 Å². The van der Waals surface area contributed by atoms with Crippen LogP contribution in [0.4, 0.5) is 0 Å². The van der Waals surface area contributed by atoms with Crippen LogP contribution < -0.4 is 10.5 Å². The lowest BCUT2D eigenvalue weighted by molar-refractivity contribution is -0.132. The Bertz CT molecular complexity index is 418. The maximum atomic E-state index is 11.7. The van der Waals surface area contributed by atoms with Crippen LogP contribution in [0.3, 0.4) is 0 Å². The van der Waals surface area contributed by atoms with Crippen LogP contribution in [-0.4, -0.2) is 30.5 Å². The lowest BCUT2D eigenvalue weighted by Gasteiger charge is -2.14. The van der Waals surface area contributed by atoms with Crippen LogP contribution in [0.1, 0.15) is 24.9 Å². The Morgan fingerprint density at radius 1 is 1.53 bits per heavy atom. The highest BCUT2D eigenvalue weighted by Gasteiger charge is 2.30. The van der Waals surface area contributed by atoms with Crippen molar-refractivity contribution in [3.05, 3.63) is 29.8 Å². The van der Waals surface area contributed by atoms with Gasteiger partial charge >= 0.3 is 0 Å². The van der Waals surface area contributed by atoms with Crippen LogP contribution in [0.2, 0.25) is 0 Å². The number of amides is 1. The zero-order valence-corrected chi connectivity index (χ0v) is 10.2. The van der Waals surface area contributed by atoms with E-state index in [1.165, 1.54) is 0 Å². The van der Waals surface area contributed by atoms with Crippen molar-refractivity contribution >= 4 is 5.91 Å².